The van der Waals surface area contributed by atoms with Crippen molar-refractivity contribution in [1.82, 2.24) is 20.0 Å². The summed E-state index contributed by atoms with van der Waals surface area (Å²) >= 11 is 3.24. The molecule has 0 saturated heterocycles. The Balaban J connectivity index is 1.53. The highest BCUT2D eigenvalue weighted by Gasteiger charge is 2.23. The second-order valence-corrected chi connectivity index (χ2v) is 9.55. The predicted octanol–water partition coefficient (Wildman–Crippen LogP) is 5.45. The van der Waals surface area contributed by atoms with E-state index in [2.05, 4.69) is 15.1 Å². The maximum absolute atomic E-state index is 13.4. The zero-order chi connectivity index (χ0) is 20.8. The third-order valence-electron chi connectivity index (χ3n) is 4.90. The third-order valence-corrected chi connectivity index (χ3v) is 6.94. The van der Waals surface area contributed by atoms with Gasteiger partial charge >= 0.3 is 0 Å². The standard InChI is InChI=1S/C22H18N4O2S2/c1-12-8-9-18(29-12)16-10-14(20-13(2)25-28-21(20)24-16)22(27)26(3)11-19-23-15-6-4-5-7-17(15)30-19/h4-10H,11H2,1-3H3. The fourth-order valence-electron chi connectivity index (χ4n) is 3.43. The molecule has 5 rings (SSSR count). The Bertz CT molecular complexity index is 1370. The van der Waals surface area contributed by atoms with E-state index < -0.39 is 0 Å². The molecule has 150 valence electrons. The van der Waals surface area contributed by atoms with Crippen molar-refractivity contribution in [2.75, 3.05) is 7.05 Å². The molecule has 0 atom stereocenters. The number of para-hydroxylation sites is 1. The number of benzene rings is 1. The number of fused-ring (bicyclic) bond motifs is 2. The van der Waals surface area contributed by atoms with E-state index in [9.17, 15) is 4.79 Å². The Morgan fingerprint density at radius 2 is 1.93 bits per heavy atom. The fraction of sp³-hybridized carbons (Fsp3) is 0.182. The van der Waals surface area contributed by atoms with Crippen LogP contribution < -0.4 is 0 Å². The van der Waals surface area contributed by atoms with Gasteiger partial charge in [-0.15, -0.1) is 22.7 Å². The van der Waals surface area contributed by atoms with Gasteiger partial charge in [-0.25, -0.2) is 9.97 Å². The van der Waals surface area contributed by atoms with Crippen molar-refractivity contribution in [3.05, 3.63) is 63.6 Å². The van der Waals surface area contributed by atoms with Crippen molar-refractivity contribution in [3.63, 3.8) is 0 Å². The molecule has 0 aliphatic heterocycles. The summed E-state index contributed by atoms with van der Waals surface area (Å²) in [5.74, 6) is -0.109. The third kappa shape index (κ3) is 3.28. The van der Waals surface area contributed by atoms with Crippen molar-refractivity contribution in [2.24, 2.45) is 0 Å². The van der Waals surface area contributed by atoms with Gasteiger partial charge in [-0.3, -0.25) is 4.79 Å². The Morgan fingerprint density at radius 1 is 1.10 bits per heavy atom. The number of aryl methyl sites for hydroxylation is 2. The van der Waals surface area contributed by atoms with E-state index in [-0.39, 0.29) is 5.91 Å². The molecule has 1 amide bonds. The minimum Gasteiger partial charge on any atom is -0.335 e. The number of hydrogen-bond donors (Lipinski definition) is 0. The second kappa shape index (κ2) is 7.30. The average molecular weight is 435 g/mol. The lowest BCUT2D eigenvalue weighted by molar-refractivity contribution is 0.0787. The number of pyridine rings is 1. The monoisotopic (exact) mass is 434 g/mol. The number of aromatic nitrogens is 3. The lowest BCUT2D eigenvalue weighted by Crippen LogP contribution is -2.26. The van der Waals surface area contributed by atoms with Crippen LogP contribution in [0, 0.1) is 13.8 Å². The van der Waals surface area contributed by atoms with Gasteiger partial charge in [0.05, 0.1) is 44.0 Å². The van der Waals surface area contributed by atoms with E-state index in [1.807, 2.05) is 56.3 Å². The van der Waals surface area contributed by atoms with E-state index in [0.29, 0.717) is 34.6 Å². The van der Waals surface area contributed by atoms with Crippen LogP contribution in [0.15, 0.2) is 47.0 Å². The molecular formula is C22H18N4O2S2. The summed E-state index contributed by atoms with van der Waals surface area (Å²) in [5, 5.41) is 5.59. The summed E-state index contributed by atoms with van der Waals surface area (Å²) < 4.78 is 6.52. The van der Waals surface area contributed by atoms with E-state index in [0.717, 1.165) is 20.1 Å². The first kappa shape index (κ1) is 18.9. The van der Waals surface area contributed by atoms with Gasteiger partial charge in [0.15, 0.2) is 0 Å². The first-order chi connectivity index (χ1) is 14.5. The van der Waals surface area contributed by atoms with Gasteiger partial charge in [-0.05, 0) is 44.2 Å². The summed E-state index contributed by atoms with van der Waals surface area (Å²) in [6, 6.07) is 13.9. The van der Waals surface area contributed by atoms with Crippen molar-refractivity contribution < 1.29 is 9.32 Å². The van der Waals surface area contributed by atoms with E-state index >= 15 is 0 Å². The van der Waals surface area contributed by atoms with Crippen LogP contribution in [0.1, 0.15) is 25.9 Å². The Labute approximate surface area is 180 Å². The summed E-state index contributed by atoms with van der Waals surface area (Å²) in [6.45, 7) is 4.30. The van der Waals surface area contributed by atoms with Crippen LogP contribution in [0.2, 0.25) is 0 Å². The minimum atomic E-state index is -0.109. The molecule has 0 fully saturated rings. The number of nitrogens with zero attached hydrogens (tertiary/aromatic N) is 4. The largest absolute Gasteiger partial charge is 0.335 e. The first-order valence-electron chi connectivity index (χ1n) is 9.43. The topological polar surface area (TPSA) is 72.1 Å². The van der Waals surface area contributed by atoms with Gasteiger partial charge in [0, 0.05) is 11.9 Å². The molecule has 5 aromatic rings. The van der Waals surface area contributed by atoms with E-state index in [1.165, 1.54) is 4.88 Å². The summed E-state index contributed by atoms with van der Waals surface area (Å²) in [5.41, 5.74) is 3.25. The molecular weight excluding hydrogens is 416 g/mol. The molecule has 0 radical (unpaired) electrons. The first-order valence-corrected chi connectivity index (χ1v) is 11.1. The zero-order valence-corrected chi connectivity index (χ0v) is 18.3. The van der Waals surface area contributed by atoms with Gasteiger partial charge in [0.1, 0.15) is 5.01 Å². The maximum Gasteiger partial charge on any atom is 0.259 e. The SMILES string of the molecule is Cc1ccc(-c2cc(C(=O)N(C)Cc3nc4ccccc4s3)c3c(C)noc3n2)s1. The number of thiophene rings is 1. The molecule has 4 aromatic heterocycles. The molecule has 8 heteroatoms. The van der Waals surface area contributed by atoms with Gasteiger partial charge in [0.2, 0.25) is 0 Å². The van der Waals surface area contributed by atoms with Crippen LogP contribution in [0.4, 0.5) is 0 Å². The minimum absolute atomic E-state index is 0.109. The van der Waals surface area contributed by atoms with E-state index in [1.54, 1.807) is 34.6 Å². The number of thiazole rings is 1. The highest BCUT2D eigenvalue weighted by molar-refractivity contribution is 7.18. The van der Waals surface area contributed by atoms with Gasteiger partial charge < -0.3 is 9.42 Å². The molecule has 0 aliphatic carbocycles. The molecule has 0 N–H and O–H groups in total. The van der Waals surface area contributed by atoms with Crippen LogP contribution in [0.5, 0.6) is 0 Å². The Kier molecular flexibility index (Phi) is 4.60. The molecule has 4 heterocycles. The fourth-order valence-corrected chi connectivity index (χ4v) is 5.28. The van der Waals surface area contributed by atoms with Gasteiger partial charge in [-0.1, -0.05) is 17.3 Å². The highest BCUT2D eigenvalue weighted by Crippen LogP contribution is 2.32. The molecule has 0 aliphatic rings. The predicted molar refractivity (Wildman–Crippen MR) is 120 cm³/mol. The second-order valence-electron chi connectivity index (χ2n) is 7.15. The number of carbonyl (C=O) groups excluding carboxylic acids is 1. The zero-order valence-electron chi connectivity index (χ0n) is 16.7. The van der Waals surface area contributed by atoms with Gasteiger partial charge in [-0.2, -0.15) is 0 Å². The Morgan fingerprint density at radius 3 is 2.70 bits per heavy atom. The molecule has 6 nitrogen and oxygen atoms in total. The van der Waals surface area contributed by atoms with Crippen LogP contribution >= 0.6 is 22.7 Å². The van der Waals surface area contributed by atoms with Crippen molar-refractivity contribution in [3.8, 4) is 10.6 Å². The number of amides is 1. The van der Waals surface area contributed by atoms with Crippen molar-refractivity contribution in [1.29, 1.82) is 0 Å². The smallest absolute Gasteiger partial charge is 0.259 e. The molecule has 0 spiro atoms. The van der Waals surface area contributed by atoms with E-state index in [4.69, 9.17) is 4.52 Å². The van der Waals surface area contributed by atoms with Crippen LogP contribution in [-0.2, 0) is 6.54 Å². The summed E-state index contributed by atoms with van der Waals surface area (Å²) in [4.78, 5) is 26.5. The molecule has 1 aromatic carbocycles. The maximum atomic E-state index is 13.4. The normalized spacial score (nSPS) is 11.4. The Hall–Kier alpha value is -3.10. The average Bonchev–Trinajstić information content (AvgIpc) is 3.45. The van der Waals surface area contributed by atoms with Gasteiger partial charge in [0.25, 0.3) is 11.6 Å². The molecule has 30 heavy (non-hydrogen) atoms. The van der Waals surface area contributed by atoms with Crippen molar-refractivity contribution >= 4 is 49.9 Å². The van der Waals surface area contributed by atoms with Crippen LogP contribution in [-0.4, -0.2) is 33.0 Å². The molecule has 0 saturated carbocycles. The summed E-state index contributed by atoms with van der Waals surface area (Å²) in [7, 11) is 1.79. The van der Waals surface area contributed by atoms with Crippen molar-refractivity contribution in [2.45, 2.75) is 20.4 Å². The number of carbonyl (C=O) groups is 1. The number of rotatable bonds is 4. The quantitative estimate of drug-likeness (QED) is 0.376. The lowest BCUT2D eigenvalue weighted by atomic mass is 10.1. The molecule has 0 bridgehead atoms. The van der Waals surface area contributed by atoms with Crippen LogP contribution in [0.3, 0.4) is 0 Å². The highest BCUT2D eigenvalue weighted by atomic mass is 32.1. The molecule has 0 unspecified atom stereocenters. The van der Waals surface area contributed by atoms with Crippen LogP contribution in [0.25, 0.3) is 31.9 Å². The summed E-state index contributed by atoms with van der Waals surface area (Å²) in [6.07, 6.45) is 0. The number of hydrogen-bond acceptors (Lipinski definition) is 7. The lowest BCUT2D eigenvalue weighted by Gasteiger charge is -2.16.